The lowest BCUT2D eigenvalue weighted by Gasteiger charge is -2.33. The molecule has 1 aliphatic carbocycles. The van der Waals surface area contributed by atoms with Crippen LogP contribution in [0.2, 0.25) is 0 Å². The van der Waals surface area contributed by atoms with Gasteiger partial charge in [-0.25, -0.2) is 4.79 Å². The average molecular weight is 361 g/mol. The van der Waals surface area contributed by atoms with Crippen LogP contribution in [0.5, 0.6) is 0 Å². The van der Waals surface area contributed by atoms with Crippen LogP contribution in [0, 0.1) is 3.57 Å². The number of hydrogen-bond acceptors (Lipinski definition) is 3. The normalized spacial score (nSPS) is 28.5. The predicted octanol–water partition coefficient (Wildman–Crippen LogP) is 2.42. The fourth-order valence-corrected chi connectivity index (χ4v) is 3.30. The van der Waals surface area contributed by atoms with Crippen molar-refractivity contribution < 1.29 is 9.53 Å². The minimum absolute atomic E-state index is 0.132. The van der Waals surface area contributed by atoms with E-state index in [-0.39, 0.29) is 6.09 Å². The summed E-state index contributed by atoms with van der Waals surface area (Å²) in [6.07, 6.45) is 8.14. The lowest BCUT2D eigenvalue weighted by atomic mass is 9.90. The molecule has 0 bridgehead atoms. The number of carbonyl (C=O) groups is 1. The van der Waals surface area contributed by atoms with Crippen LogP contribution in [0.3, 0.4) is 0 Å². The number of cyclic esters (lactones) is 1. The maximum Gasteiger partial charge on any atom is 0.410 e. The number of carbonyl (C=O) groups excluding carboxylic acids is 1. The Labute approximate surface area is 120 Å². The van der Waals surface area contributed by atoms with Crippen molar-refractivity contribution in [2.75, 3.05) is 13.2 Å². The Kier molecular flexibility index (Phi) is 3.45. The van der Waals surface area contributed by atoms with Crippen molar-refractivity contribution in [2.45, 2.75) is 37.8 Å². The summed E-state index contributed by atoms with van der Waals surface area (Å²) in [7, 11) is 0. The highest BCUT2D eigenvalue weighted by Crippen LogP contribution is 2.31. The number of ether oxygens (including phenoxy) is 1. The van der Waals surface area contributed by atoms with E-state index in [9.17, 15) is 4.79 Å². The minimum Gasteiger partial charge on any atom is -0.448 e. The molecule has 1 aromatic heterocycles. The van der Waals surface area contributed by atoms with Gasteiger partial charge >= 0.3 is 6.09 Å². The van der Waals surface area contributed by atoms with Crippen molar-refractivity contribution in [3.8, 4) is 0 Å². The first-order valence-corrected chi connectivity index (χ1v) is 7.45. The molecule has 2 aliphatic rings. The summed E-state index contributed by atoms with van der Waals surface area (Å²) in [5, 5.41) is 4.38. The fourth-order valence-electron chi connectivity index (χ4n) is 2.89. The van der Waals surface area contributed by atoms with E-state index in [0.717, 1.165) is 32.2 Å². The number of amides is 1. The molecule has 1 saturated carbocycles. The van der Waals surface area contributed by atoms with Gasteiger partial charge in [-0.1, -0.05) is 0 Å². The van der Waals surface area contributed by atoms with Crippen molar-refractivity contribution in [1.82, 2.24) is 14.7 Å². The summed E-state index contributed by atoms with van der Waals surface area (Å²) in [6, 6.07) is 0.856. The highest BCUT2D eigenvalue weighted by Gasteiger charge is 2.33. The molecule has 0 N–H and O–H groups in total. The first-order chi connectivity index (χ1) is 8.74. The van der Waals surface area contributed by atoms with Gasteiger partial charge in [0.25, 0.3) is 0 Å². The van der Waals surface area contributed by atoms with Crippen molar-refractivity contribution in [2.24, 2.45) is 0 Å². The van der Waals surface area contributed by atoms with Crippen molar-refractivity contribution >= 4 is 28.7 Å². The van der Waals surface area contributed by atoms with Crippen molar-refractivity contribution in [1.29, 1.82) is 0 Å². The number of nitrogens with zero attached hydrogens (tertiary/aromatic N) is 3. The second kappa shape index (κ2) is 5.07. The highest BCUT2D eigenvalue weighted by atomic mass is 127. The van der Waals surface area contributed by atoms with Crippen LogP contribution in [-0.2, 0) is 4.74 Å². The summed E-state index contributed by atoms with van der Waals surface area (Å²) in [5.74, 6) is 0. The molecule has 0 aromatic carbocycles. The second-order valence-corrected chi connectivity index (χ2v) is 6.15. The lowest BCUT2D eigenvalue weighted by Crippen LogP contribution is -2.39. The monoisotopic (exact) mass is 361 g/mol. The smallest absolute Gasteiger partial charge is 0.410 e. The van der Waals surface area contributed by atoms with Crippen LogP contribution < -0.4 is 0 Å². The summed E-state index contributed by atoms with van der Waals surface area (Å²) in [4.78, 5) is 13.4. The van der Waals surface area contributed by atoms with Gasteiger partial charge in [-0.15, -0.1) is 0 Å². The first kappa shape index (κ1) is 12.3. The zero-order valence-corrected chi connectivity index (χ0v) is 12.2. The quantitative estimate of drug-likeness (QED) is 0.761. The lowest BCUT2D eigenvalue weighted by molar-refractivity contribution is 0.132. The van der Waals surface area contributed by atoms with Gasteiger partial charge in [0.2, 0.25) is 0 Å². The van der Waals surface area contributed by atoms with E-state index in [1.807, 2.05) is 11.1 Å². The molecule has 0 atom stereocenters. The van der Waals surface area contributed by atoms with Crippen LogP contribution >= 0.6 is 22.6 Å². The third-order valence-corrected chi connectivity index (χ3v) is 4.40. The van der Waals surface area contributed by atoms with E-state index < -0.39 is 0 Å². The molecule has 0 spiro atoms. The van der Waals surface area contributed by atoms with Gasteiger partial charge in [0.05, 0.1) is 22.4 Å². The molecule has 6 heteroatoms. The topological polar surface area (TPSA) is 47.4 Å². The Balaban J connectivity index is 1.59. The Morgan fingerprint density at radius 2 is 2.00 bits per heavy atom. The SMILES string of the molecule is O=C1OCCN1C1CCC(n2cc(I)cn2)CC1. The first-order valence-electron chi connectivity index (χ1n) is 6.37. The number of aromatic nitrogens is 2. The predicted molar refractivity (Wildman–Crippen MR) is 74.3 cm³/mol. The van der Waals surface area contributed by atoms with Crippen molar-refractivity contribution in [3.05, 3.63) is 16.0 Å². The van der Waals surface area contributed by atoms with Gasteiger partial charge in [-0.3, -0.25) is 4.68 Å². The molecule has 0 radical (unpaired) electrons. The van der Waals surface area contributed by atoms with Crippen LogP contribution in [-0.4, -0.2) is 40.0 Å². The van der Waals surface area contributed by atoms with Crippen molar-refractivity contribution in [3.63, 3.8) is 0 Å². The Morgan fingerprint density at radius 1 is 1.28 bits per heavy atom. The third kappa shape index (κ3) is 2.34. The second-order valence-electron chi connectivity index (χ2n) is 4.91. The van der Waals surface area contributed by atoms with E-state index >= 15 is 0 Å². The average Bonchev–Trinajstić information content (AvgIpc) is 2.98. The van der Waals surface area contributed by atoms with Crippen LogP contribution in [0.25, 0.3) is 0 Å². The zero-order chi connectivity index (χ0) is 12.5. The molecule has 2 heterocycles. The Bertz CT molecular complexity index is 440. The van der Waals surface area contributed by atoms with E-state index in [4.69, 9.17) is 4.74 Å². The van der Waals surface area contributed by atoms with Crippen LogP contribution in [0.15, 0.2) is 12.4 Å². The molecule has 3 rings (SSSR count). The Morgan fingerprint density at radius 3 is 2.56 bits per heavy atom. The standard InChI is InChI=1S/C12H16IN3O2/c13-9-7-14-16(8-9)11-3-1-10(2-4-11)15-5-6-18-12(15)17/h7-8,10-11H,1-6H2. The molecule has 0 unspecified atom stereocenters. The largest absolute Gasteiger partial charge is 0.448 e. The third-order valence-electron chi connectivity index (χ3n) is 3.84. The number of rotatable bonds is 2. The molecule has 1 amide bonds. The van der Waals surface area contributed by atoms with Gasteiger partial charge in [-0.05, 0) is 48.3 Å². The molecule has 2 fully saturated rings. The molecular weight excluding hydrogens is 345 g/mol. The van der Waals surface area contributed by atoms with Gasteiger partial charge in [-0.2, -0.15) is 5.10 Å². The van der Waals surface area contributed by atoms with Gasteiger partial charge in [0.1, 0.15) is 6.61 Å². The molecule has 1 saturated heterocycles. The van der Waals surface area contributed by atoms with E-state index in [1.165, 1.54) is 3.57 Å². The summed E-state index contributed by atoms with van der Waals surface area (Å²) in [6.45, 7) is 1.31. The van der Waals surface area contributed by atoms with Gasteiger partial charge < -0.3 is 9.64 Å². The van der Waals surface area contributed by atoms with E-state index in [2.05, 4.69) is 38.6 Å². The maximum absolute atomic E-state index is 11.5. The number of halogens is 1. The minimum atomic E-state index is -0.132. The molecule has 18 heavy (non-hydrogen) atoms. The van der Waals surface area contributed by atoms with Gasteiger partial charge in [0, 0.05) is 12.2 Å². The molecule has 5 nitrogen and oxygen atoms in total. The number of hydrogen-bond donors (Lipinski definition) is 0. The fraction of sp³-hybridized carbons (Fsp3) is 0.667. The van der Waals surface area contributed by atoms with E-state index in [0.29, 0.717) is 18.7 Å². The molecule has 1 aliphatic heterocycles. The molecule has 1 aromatic rings. The highest BCUT2D eigenvalue weighted by molar-refractivity contribution is 14.1. The zero-order valence-electron chi connectivity index (χ0n) is 10.1. The molecular formula is C12H16IN3O2. The van der Waals surface area contributed by atoms with E-state index in [1.54, 1.807) is 0 Å². The summed E-state index contributed by atoms with van der Waals surface area (Å²) >= 11 is 2.28. The summed E-state index contributed by atoms with van der Waals surface area (Å²) in [5.41, 5.74) is 0. The Hall–Kier alpha value is -0.790. The summed E-state index contributed by atoms with van der Waals surface area (Å²) < 4.78 is 8.25. The van der Waals surface area contributed by atoms with Gasteiger partial charge in [0.15, 0.2) is 0 Å². The maximum atomic E-state index is 11.5. The molecule has 98 valence electrons. The van der Waals surface area contributed by atoms with Crippen LogP contribution in [0.4, 0.5) is 4.79 Å². The van der Waals surface area contributed by atoms with Crippen LogP contribution in [0.1, 0.15) is 31.7 Å².